The largest absolute Gasteiger partial charge is 0.486 e. The molecule has 9 nitrogen and oxygen atoms in total. The minimum absolute atomic E-state index is 0.0423. The molecule has 0 saturated heterocycles. The molecule has 0 bridgehead atoms. The predicted octanol–water partition coefficient (Wildman–Crippen LogP) is 2.20. The third-order valence-electron chi connectivity index (χ3n) is 2.99. The number of azide groups is 1. The highest BCUT2D eigenvalue weighted by molar-refractivity contribution is 7.80. The number of nitrogens with zero attached hydrogens (tertiary/aromatic N) is 3. The van der Waals surface area contributed by atoms with Crippen LogP contribution in [0.1, 0.15) is 5.56 Å². The number of hydrogen-bond donors (Lipinski definition) is 4. The van der Waals surface area contributed by atoms with Crippen molar-refractivity contribution in [3.63, 3.8) is 0 Å². The van der Waals surface area contributed by atoms with Gasteiger partial charge in [0, 0.05) is 11.1 Å². The number of ether oxygens (including phenoxy) is 2. The van der Waals surface area contributed by atoms with E-state index in [1.54, 1.807) is 18.2 Å². The van der Waals surface area contributed by atoms with Gasteiger partial charge in [-0.05, 0) is 23.2 Å². The number of halogens is 1. The van der Waals surface area contributed by atoms with E-state index in [0.29, 0.717) is 10.8 Å². The van der Waals surface area contributed by atoms with Gasteiger partial charge < -0.3 is 19.9 Å². The second-order valence-corrected chi connectivity index (χ2v) is 5.52. The van der Waals surface area contributed by atoms with E-state index in [9.17, 15) is 4.79 Å². The molecule has 1 aliphatic heterocycles. The summed E-state index contributed by atoms with van der Waals surface area (Å²) in [4.78, 5) is 13.8. The summed E-state index contributed by atoms with van der Waals surface area (Å²) in [6, 6.07) is 4.94. The Labute approximate surface area is 147 Å². The Morgan fingerprint density at radius 1 is 1.54 bits per heavy atom. The maximum Gasteiger partial charge on any atom is 0.337 e. The normalized spacial score (nSPS) is 19.7. The van der Waals surface area contributed by atoms with Crippen LogP contribution in [-0.2, 0) is 16.1 Å². The third-order valence-corrected chi connectivity index (χ3v) is 3.58. The van der Waals surface area contributed by atoms with Crippen LogP contribution in [0.3, 0.4) is 0 Å². The van der Waals surface area contributed by atoms with E-state index < -0.39 is 17.7 Å². The van der Waals surface area contributed by atoms with E-state index in [1.807, 2.05) is 0 Å². The predicted molar refractivity (Wildman–Crippen MR) is 89.4 cm³/mol. The number of thiol groups is 1. The molecule has 24 heavy (non-hydrogen) atoms. The fourth-order valence-corrected chi connectivity index (χ4v) is 2.36. The van der Waals surface area contributed by atoms with Crippen LogP contribution in [0.4, 0.5) is 0 Å². The molecule has 0 radical (unpaired) electrons. The highest BCUT2D eigenvalue weighted by atomic mass is 35.5. The van der Waals surface area contributed by atoms with Crippen molar-refractivity contribution in [3.05, 3.63) is 51.0 Å². The lowest BCUT2D eigenvalue weighted by Gasteiger charge is -2.28. The molecule has 2 rings (SSSR count). The van der Waals surface area contributed by atoms with E-state index in [0.717, 1.165) is 5.56 Å². The van der Waals surface area contributed by atoms with Crippen molar-refractivity contribution in [2.24, 2.45) is 5.11 Å². The molecule has 11 heteroatoms. The summed E-state index contributed by atoms with van der Waals surface area (Å²) >= 11 is 10.2. The number of carbonyl (C=O) groups is 1. The smallest absolute Gasteiger partial charge is 0.337 e. The fourth-order valence-electron chi connectivity index (χ4n) is 1.89. The number of rotatable bonds is 7. The quantitative estimate of drug-likeness (QED) is 0.252. The lowest BCUT2D eigenvalue weighted by atomic mass is 10.2. The van der Waals surface area contributed by atoms with Crippen molar-refractivity contribution < 1.29 is 19.4 Å². The van der Waals surface area contributed by atoms with Crippen LogP contribution in [-0.4, -0.2) is 29.5 Å². The van der Waals surface area contributed by atoms with Gasteiger partial charge in [0.15, 0.2) is 6.73 Å². The van der Waals surface area contributed by atoms with E-state index in [2.05, 4.69) is 33.3 Å². The van der Waals surface area contributed by atoms with E-state index in [-0.39, 0.29) is 18.9 Å². The highest BCUT2D eigenvalue weighted by Gasteiger charge is 2.26. The van der Waals surface area contributed by atoms with Crippen molar-refractivity contribution >= 4 is 30.2 Å². The van der Waals surface area contributed by atoms with E-state index in [1.165, 1.54) is 6.20 Å². The summed E-state index contributed by atoms with van der Waals surface area (Å²) in [5.41, 5.74) is 8.54. The van der Waals surface area contributed by atoms with Crippen LogP contribution in [0, 0.1) is 0 Å². The monoisotopic (exact) mass is 371 g/mol. The number of nitrogens with one attached hydrogen (secondary N) is 2. The zero-order valence-corrected chi connectivity index (χ0v) is 13.9. The molecular formula is C13H14ClN5O4S. The van der Waals surface area contributed by atoms with Gasteiger partial charge in [0.2, 0.25) is 0 Å². The molecule has 0 aliphatic carbocycles. The van der Waals surface area contributed by atoms with Crippen LogP contribution in [0.15, 0.2) is 35.1 Å². The molecular weight excluding hydrogens is 358 g/mol. The van der Waals surface area contributed by atoms with Crippen LogP contribution < -0.4 is 15.4 Å². The first-order valence-corrected chi connectivity index (χ1v) is 7.58. The molecule has 1 aliphatic rings. The molecule has 0 fully saturated rings. The van der Waals surface area contributed by atoms with Crippen molar-refractivity contribution in [2.45, 2.75) is 18.3 Å². The van der Waals surface area contributed by atoms with Gasteiger partial charge in [0.05, 0.1) is 17.2 Å². The van der Waals surface area contributed by atoms with Crippen LogP contribution in [0.25, 0.3) is 10.4 Å². The van der Waals surface area contributed by atoms with Gasteiger partial charge in [-0.25, -0.2) is 4.79 Å². The average molecular weight is 372 g/mol. The average Bonchev–Trinajstić information content (AvgIpc) is 2.54. The molecule has 1 aromatic carbocycles. The summed E-state index contributed by atoms with van der Waals surface area (Å²) in [6.45, 7) is -0.0414. The molecule has 2 unspecified atom stereocenters. The van der Waals surface area contributed by atoms with Crippen LogP contribution in [0.5, 0.6) is 5.75 Å². The number of benzene rings is 1. The summed E-state index contributed by atoms with van der Waals surface area (Å²) in [7, 11) is 0. The zero-order valence-electron chi connectivity index (χ0n) is 12.2. The van der Waals surface area contributed by atoms with Crippen molar-refractivity contribution in [1.82, 2.24) is 10.6 Å². The number of aliphatic carboxylic acids is 1. The van der Waals surface area contributed by atoms with E-state index >= 15 is 0 Å². The molecule has 3 N–H and O–H groups in total. The van der Waals surface area contributed by atoms with E-state index in [4.69, 9.17) is 31.7 Å². The minimum atomic E-state index is -1.10. The van der Waals surface area contributed by atoms with Crippen LogP contribution in [0.2, 0.25) is 5.02 Å². The van der Waals surface area contributed by atoms with Gasteiger partial charge in [-0.15, -0.1) is 12.6 Å². The van der Waals surface area contributed by atoms with Crippen molar-refractivity contribution in [2.75, 3.05) is 6.73 Å². The summed E-state index contributed by atoms with van der Waals surface area (Å²) < 4.78 is 10.8. The van der Waals surface area contributed by atoms with Gasteiger partial charge in [-0.1, -0.05) is 22.8 Å². The van der Waals surface area contributed by atoms with Gasteiger partial charge in [-0.3, -0.25) is 5.32 Å². The van der Waals surface area contributed by atoms with Gasteiger partial charge in [0.25, 0.3) is 0 Å². The molecule has 0 aromatic heterocycles. The molecule has 0 spiro atoms. The molecule has 1 aromatic rings. The van der Waals surface area contributed by atoms with Gasteiger partial charge >= 0.3 is 5.97 Å². The summed E-state index contributed by atoms with van der Waals surface area (Å²) in [6.07, 6.45) is 0.534. The number of hydrogen-bond acceptors (Lipinski definition) is 7. The molecule has 0 saturated carbocycles. The Hall–Kier alpha value is -2.10. The molecule has 1 heterocycles. The fraction of sp³-hybridized carbons (Fsp3) is 0.308. The Bertz CT molecular complexity index is 695. The number of carboxylic acids is 1. The van der Waals surface area contributed by atoms with Gasteiger partial charge in [-0.2, -0.15) is 0 Å². The first-order chi connectivity index (χ1) is 11.5. The minimum Gasteiger partial charge on any atom is -0.486 e. The van der Waals surface area contributed by atoms with Crippen LogP contribution >= 0.6 is 24.2 Å². The first kappa shape index (κ1) is 18.2. The third kappa shape index (κ3) is 4.95. The standard InChI is InChI=1S/C13H14ClN5O4S/c14-9-3-7(1-2-10(9)23-6-17-19-15)5-22-11-8(12(20)21)4-16-13(24)18-11/h1-4,11,13,16,18,24H,5-6H2,(H,20,21). The van der Waals surface area contributed by atoms with Crippen molar-refractivity contribution in [3.8, 4) is 5.75 Å². The SMILES string of the molecule is [N-]=[N+]=NCOc1ccc(COC2NC(S)NC=C2C(=O)O)cc1Cl. The summed E-state index contributed by atoms with van der Waals surface area (Å²) in [5.74, 6) is -0.727. The maximum atomic E-state index is 11.2. The Morgan fingerprint density at radius 2 is 2.33 bits per heavy atom. The molecule has 128 valence electrons. The molecule has 2 atom stereocenters. The Kier molecular flexibility index (Phi) is 6.59. The zero-order chi connectivity index (χ0) is 17.5. The Morgan fingerprint density at radius 3 is 3.00 bits per heavy atom. The second kappa shape index (κ2) is 8.67. The number of carboxylic acid groups (broad SMARTS) is 1. The first-order valence-electron chi connectivity index (χ1n) is 6.68. The lowest BCUT2D eigenvalue weighted by Crippen LogP contribution is -2.50. The Balaban J connectivity index is 1.99. The lowest BCUT2D eigenvalue weighted by molar-refractivity contribution is -0.135. The topological polar surface area (TPSA) is 129 Å². The highest BCUT2D eigenvalue weighted by Crippen LogP contribution is 2.26. The van der Waals surface area contributed by atoms with Crippen molar-refractivity contribution in [1.29, 1.82) is 0 Å². The van der Waals surface area contributed by atoms with Gasteiger partial charge in [0.1, 0.15) is 17.5 Å². The molecule has 0 amide bonds. The second-order valence-electron chi connectivity index (χ2n) is 4.60. The maximum absolute atomic E-state index is 11.2. The summed E-state index contributed by atoms with van der Waals surface area (Å²) in [5, 5.41) is 18.3.